The highest BCUT2D eigenvalue weighted by Gasteiger charge is 2.31. The van der Waals surface area contributed by atoms with Gasteiger partial charge in [-0.15, -0.1) is 11.3 Å². The minimum absolute atomic E-state index is 0.0544. The molecule has 0 spiro atoms. The van der Waals surface area contributed by atoms with Crippen LogP contribution in [0.4, 0.5) is 18.9 Å². The Morgan fingerprint density at radius 3 is 2.67 bits per heavy atom. The molecule has 112 valence electrons. The van der Waals surface area contributed by atoms with Crippen LogP contribution in [0.3, 0.4) is 0 Å². The van der Waals surface area contributed by atoms with Gasteiger partial charge in [-0.2, -0.15) is 13.2 Å². The van der Waals surface area contributed by atoms with E-state index in [0.29, 0.717) is 9.18 Å². The standard InChI is InChI=1S/C13H10BrF3N2OS/c1-6(14)5-19-12(20)11-10(18)8-4-7(13(15,16)17)2-3-9(8)21-11/h2-4H,1,5,18H2,(H,19,20). The molecule has 0 radical (unpaired) electrons. The van der Waals surface area contributed by atoms with Crippen LogP contribution in [0.25, 0.3) is 10.1 Å². The molecule has 1 amide bonds. The molecule has 0 saturated carbocycles. The number of hydrogen-bond acceptors (Lipinski definition) is 3. The molecule has 8 heteroatoms. The molecule has 1 heterocycles. The maximum atomic E-state index is 12.7. The summed E-state index contributed by atoms with van der Waals surface area (Å²) in [5.74, 6) is -0.442. The van der Waals surface area contributed by atoms with Crippen LogP contribution < -0.4 is 11.1 Å². The Hall–Kier alpha value is -1.54. The molecule has 0 atom stereocenters. The van der Waals surface area contributed by atoms with E-state index in [4.69, 9.17) is 5.73 Å². The normalized spacial score (nSPS) is 11.6. The minimum Gasteiger partial charge on any atom is -0.397 e. The largest absolute Gasteiger partial charge is 0.416 e. The molecule has 0 fully saturated rings. The molecule has 1 aromatic heterocycles. The number of hydrogen-bond donors (Lipinski definition) is 2. The van der Waals surface area contributed by atoms with Crippen LogP contribution in [0.5, 0.6) is 0 Å². The van der Waals surface area contributed by atoms with Crippen molar-refractivity contribution in [3.63, 3.8) is 0 Å². The molecular weight excluding hydrogens is 369 g/mol. The number of alkyl halides is 3. The number of nitrogens with one attached hydrogen (secondary N) is 1. The van der Waals surface area contributed by atoms with E-state index in [1.807, 2.05) is 0 Å². The second kappa shape index (κ2) is 5.69. The third-order valence-corrected chi connectivity index (χ3v) is 4.17. The molecule has 2 aromatic rings. The maximum absolute atomic E-state index is 12.7. The Kier molecular flexibility index (Phi) is 4.29. The number of carbonyl (C=O) groups excluding carboxylic acids is 1. The van der Waals surface area contributed by atoms with Gasteiger partial charge in [-0.1, -0.05) is 22.5 Å². The number of nitrogens with two attached hydrogens (primary N) is 1. The van der Waals surface area contributed by atoms with Gasteiger partial charge in [0.2, 0.25) is 0 Å². The van der Waals surface area contributed by atoms with Crippen LogP contribution in [0.2, 0.25) is 0 Å². The Morgan fingerprint density at radius 2 is 2.10 bits per heavy atom. The number of carbonyl (C=O) groups is 1. The van der Waals surface area contributed by atoms with Gasteiger partial charge >= 0.3 is 6.18 Å². The van der Waals surface area contributed by atoms with E-state index in [1.54, 1.807) is 0 Å². The number of fused-ring (bicyclic) bond motifs is 1. The number of thiophene rings is 1. The lowest BCUT2D eigenvalue weighted by Crippen LogP contribution is -2.24. The zero-order valence-electron chi connectivity index (χ0n) is 10.6. The highest BCUT2D eigenvalue weighted by Crippen LogP contribution is 2.38. The number of amides is 1. The van der Waals surface area contributed by atoms with Gasteiger partial charge in [-0.05, 0) is 18.2 Å². The van der Waals surface area contributed by atoms with Crippen LogP contribution in [0.1, 0.15) is 15.2 Å². The molecule has 1 aromatic carbocycles. The molecule has 0 aliphatic carbocycles. The topological polar surface area (TPSA) is 55.1 Å². The van der Waals surface area contributed by atoms with Crippen molar-refractivity contribution in [2.75, 3.05) is 12.3 Å². The maximum Gasteiger partial charge on any atom is 0.416 e. The fourth-order valence-corrected chi connectivity index (χ4v) is 2.88. The molecule has 0 unspecified atom stereocenters. The summed E-state index contributed by atoms with van der Waals surface area (Å²) in [7, 11) is 0. The van der Waals surface area contributed by atoms with E-state index in [0.717, 1.165) is 23.5 Å². The van der Waals surface area contributed by atoms with E-state index in [2.05, 4.69) is 27.8 Å². The summed E-state index contributed by atoms with van der Waals surface area (Å²) in [6.45, 7) is 3.78. The predicted octanol–water partition coefficient (Wildman–Crippen LogP) is 4.14. The van der Waals surface area contributed by atoms with Crippen LogP contribution in [-0.4, -0.2) is 12.5 Å². The van der Waals surface area contributed by atoms with Crippen molar-refractivity contribution in [2.24, 2.45) is 0 Å². The Morgan fingerprint density at radius 1 is 1.43 bits per heavy atom. The monoisotopic (exact) mass is 378 g/mol. The van der Waals surface area contributed by atoms with Crippen molar-refractivity contribution < 1.29 is 18.0 Å². The summed E-state index contributed by atoms with van der Waals surface area (Å²) in [5, 5.41) is 2.80. The Labute approximate surface area is 130 Å². The van der Waals surface area contributed by atoms with Gasteiger partial charge < -0.3 is 11.1 Å². The molecular formula is C13H10BrF3N2OS. The SMILES string of the molecule is C=C(Br)CNC(=O)c1sc2ccc(C(F)(F)F)cc2c1N. The van der Waals surface area contributed by atoms with Crippen LogP contribution >= 0.6 is 27.3 Å². The molecule has 2 rings (SSSR count). The smallest absolute Gasteiger partial charge is 0.397 e. The first kappa shape index (κ1) is 15.8. The van der Waals surface area contributed by atoms with Gasteiger partial charge in [0.05, 0.1) is 11.3 Å². The van der Waals surface area contributed by atoms with Crippen molar-refractivity contribution in [2.45, 2.75) is 6.18 Å². The summed E-state index contributed by atoms with van der Waals surface area (Å²) < 4.78 is 39.2. The van der Waals surface area contributed by atoms with E-state index < -0.39 is 17.6 Å². The first-order chi connectivity index (χ1) is 9.70. The fraction of sp³-hybridized carbons (Fsp3) is 0.154. The van der Waals surface area contributed by atoms with E-state index in [9.17, 15) is 18.0 Å². The van der Waals surface area contributed by atoms with Crippen molar-refractivity contribution in [3.8, 4) is 0 Å². The number of rotatable bonds is 3. The first-order valence-electron chi connectivity index (χ1n) is 5.71. The number of anilines is 1. The lowest BCUT2D eigenvalue weighted by Gasteiger charge is -2.06. The number of halogens is 4. The average molecular weight is 379 g/mol. The Balaban J connectivity index is 2.42. The third kappa shape index (κ3) is 3.38. The summed E-state index contributed by atoms with van der Waals surface area (Å²) in [4.78, 5) is 12.1. The quantitative estimate of drug-likeness (QED) is 0.842. The number of benzene rings is 1. The van der Waals surface area contributed by atoms with Gasteiger partial charge in [0.1, 0.15) is 4.88 Å². The predicted molar refractivity (Wildman–Crippen MR) is 81.6 cm³/mol. The number of nitrogen functional groups attached to an aromatic ring is 1. The minimum atomic E-state index is -4.45. The molecule has 0 saturated heterocycles. The Bertz CT molecular complexity index is 724. The van der Waals surface area contributed by atoms with Crippen molar-refractivity contribution in [3.05, 3.63) is 39.7 Å². The third-order valence-electron chi connectivity index (χ3n) is 2.70. The molecule has 3 nitrogen and oxygen atoms in total. The molecule has 0 aliphatic rings. The van der Waals surface area contributed by atoms with E-state index >= 15 is 0 Å². The second-order valence-corrected chi connectivity index (χ2v) is 6.43. The summed E-state index contributed by atoms with van der Waals surface area (Å²) in [6.07, 6.45) is -4.45. The molecule has 0 bridgehead atoms. The lowest BCUT2D eigenvalue weighted by atomic mass is 10.1. The zero-order chi connectivity index (χ0) is 15.8. The van der Waals surface area contributed by atoms with E-state index in [1.165, 1.54) is 6.07 Å². The summed E-state index contributed by atoms with van der Waals surface area (Å²) in [6, 6.07) is 3.25. The van der Waals surface area contributed by atoms with E-state index in [-0.39, 0.29) is 22.5 Å². The second-order valence-electron chi connectivity index (χ2n) is 4.25. The van der Waals surface area contributed by atoms with Gasteiger partial charge in [0.15, 0.2) is 0 Å². The first-order valence-corrected chi connectivity index (χ1v) is 7.32. The highest BCUT2D eigenvalue weighted by atomic mass is 79.9. The van der Waals surface area contributed by atoms with Crippen molar-refractivity contribution >= 4 is 48.9 Å². The fourth-order valence-electron chi connectivity index (χ4n) is 1.72. The van der Waals surface area contributed by atoms with Gasteiger partial charge in [-0.3, -0.25) is 4.79 Å². The summed E-state index contributed by atoms with van der Waals surface area (Å²) >= 11 is 4.15. The van der Waals surface area contributed by atoms with Gasteiger partial charge in [0.25, 0.3) is 5.91 Å². The van der Waals surface area contributed by atoms with Gasteiger partial charge in [-0.25, -0.2) is 0 Å². The molecule has 3 N–H and O–H groups in total. The van der Waals surface area contributed by atoms with Gasteiger partial charge in [0, 0.05) is 21.1 Å². The molecule has 21 heavy (non-hydrogen) atoms. The van der Waals surface area contributed by atoms with Crippen molar-refractivity contribution in [1.82, 2.24) is 5.32 Å². The van der Waals surface area contributed by atoms with Crippen LogP contribution in [0.15, 0.2) is 29.3 Å². The van der Waals surface area contributed by atoms with Crippen LogP contribution in [-0.2, 0) is 6.18 Å². The molecule has 0 aliphatic heterocycles. The zero-order valence-corrected chi connectivity index (χ0v) is 13.0. The lowest BCUT2D eigenvalue weighted by molar-refractivity contribution is -0.137. The van der Waals surface area contributed by atoms with Crippen LogP contribution in [0, 0.1) is 0 Å². The van der Waals surface area contributed by atoms with Crippen molar-refractivity contribution in [1.29, 1.82) is 0 Å². The summed E-state index contributed by atoms with van der Waals surface area (Å²) in [5.41, 5.74) is 5.07. The highest BCUT2D eigenvalue weighted by molar-refractivity contribution is 9.11. The average Bonchev–Trinajstić information content (AvgIpc) is 2.72.